The highest BCUT2D eigenvalue weighted by atomic mass is 79.9. The molecule has 0 fully saturated rings. The van der Waals surface area contributed by atoms with Gasteiger partial charge in [0.25, 0.3) is 0 Å². The van der Waals surface area contributed by atoms with Gasteiger partial charge in [0.2, 0.25) is 0 Å². The summed E-state index contributed by atoms with van der Waals surface area (Å²) >= 11 is 9.42. The Bertz CT molecular complexity index is 732. The van der Waals surface area contributed by atoms with E-state index >= 15 is 0 Å². The van der Waals surface area contributed by atoms with Crippen LogP contribution >= 0.6 is 27.5 Å². The van der Waals surface area contributed by atoms with E-state index in [4.69, 9.17) is 40.9 Å². The molecule has 0 radical (unpaired) electrons. The normalized spacial score (nSPS) is 9.93. The number of hydrogen-bond acceptors (Lipinski definition) is 5. The largest absolute Gasteiger partial charge is 0.490 e. The van der Waals surface area contributed by atoms with Crippen LogP contribution in [0.25, 0.3) is 0 Å². The molecular formula is C19H21BrClNO6. The van der Waals surface area contributed by atoms with Gasteiger partial charge in [0, 0.05) is 17.6 Å². The number of aliphatic carboxylic acids is 2. The third kappa shape index (κ3) is 10.9. The summed E-state index contributed by atoms with van der Waals surface area (Å²) in [6.45, 7) is 3.35. The maximum absolute atomic E-state index is 9.10. The Morgan fingerprint density at radius 2 is 1.68 bits per heavy atom. The molecule has 0 aliphatic rings. The summed E-state index contributed by atoms with van der Waals surface area (Å²) in [5.74, 6) is -2.97. The highest BCUT2D eigenvalue weighted by Crippen LogP contribution is 2.27. The van der Waals surface area contributed by atoms with Crippen molar-refractivity contribution in [2.45, 2.75) is 6.54 Å². The Labute approximate surface area is 176 Å². The van der Waals surface area contributed by atoms with Crippen molar-refractivity contribution in [3.63, 3.8) is 0 Å². The van der Waals surface area contributed by atoms with Crippen molar-refractivity contribution in [3.8, 4) is 5.75 Å². The van der Waals surface area contributed by atoms with Gasteiger partial charge < -0.3 is 25.0 Å². The molecule has 0 aliphatic heterocycles. The number of halogens is 2. The number of carboxylic acids is 2. The van der Waals surface area contributed by atoms with Crippen LogP contribution in [0.3, 0.4) is 0 Å². The molecule has 3 N–H and O–H groups in total. The summed E-state index contributed by atoms with van der Waals surface area (Å²) in [6.07, 6.45) is 0. The van der Waals surface area contributed by atoms with Gasteiger partial charge in [-0.15, -0.1) is 0 Å². The molecule has 0 amide bonds. The first-order valence-electron chi connectivity index (χ1n) is 8.26. The van der Waals surface area contributed by atoms with E-state index in [1.54, 1.807) is 0 Å². The Kier molecular flexibility index (Phi) is 11.9. The van der Waals surface area contributed by atoms with Crippen molar-refractivity contribution >= 4 is 39.5 Å². The zero-order chi connectivity index (χ0) is 20.8. The van der Waals surface area contributed by atoms with Gasteiger partial charge in [-0.2, -0.15) is 0 Å². The molecule has 0 bridgehead atoms. The van der Waals surface area contributed by atoms with Crippen LogP contribution < -0.4 is 10.1 Å². The molecule has 0 heterocycles. The summed E-state index contributed by atoms with van der Waals surface area (Å²) in [4.78, 5) is 18.2. The first kappa shape index (κ1) is 23.9. The zero-order valence-corrected chi connectivity index (χ0v) is 17.3. The molecule has 0 saturated carbocycles. The summed E-state index contributed by atoms with van der Waals surface area (Å²) < 4.78 is 12.0. The summed E-state index contributed by atoms with van der Waals surface area (Å²) in [5, 5.41) is 18.7. The summed E-state index contributed by atoms with van der Waals surface area (Å²) in [6, 6.07) is 15.8. The second-order valence-electron chi connectivity index (χ2n) is 5.31. The predicted molar refractivity (Wildman–Crippen MR) is 109 cm³/mol. The molecule has 0 saturated heterocycles. The lowest BCUT2D eigenvalue weighted by atomic mass is 10.2. The SMILES string of the molecule is Clc1cc(Br)ccc1OCCOCCNCc1ccccc1.O=C(O)C(=O)O. The minimum atomic E-state index is -1.82. The Morgan fingerprint density at radius 3 is 2.29 bits per heavy atom. The van der Waals surface area contributed by atoms with Gasteiger partial charge in [0.15, 0.2) is 0 Å². The fraction of sp³-hybridized carbons (Fsp3) is 0.263. The van der Waals surface area contributed by atoms with Crippen LogP contribution in [0, 0.1) is 0 Å². The van der Waals surface area contributed by atoms with Crippen LogP contribution in [0.2, 0.25) is 5.02 Å². The van der Waals surface area contributed by atoms with Crippen LogP contribution in [0.1, 0.15) is 5.56 Å². The monoisotopic (exact) mass is 473 g/mol. The molecule has 0 aliphatic carbocycles. The van der Waals surface area contributed by atoms with E-state index in [1.807, 2.05) is 36.4 Å². The number of rotatable bonds is 9. The molecule has 9 heteroatoms. The molecule has 0 aromatic heterocycles. The van der Waals surface area contributed by atoms with Crippen molar-refractivity contribution in [3.05, 3.63) is 63.6 Å². The average Bonchev–Trinajstić information content (AvgIpc) is 2.66. The van der Waals surface area contributed by atoms with E-state index in [-0.39, 0.29) is 0 Å². The molecule has 2 aromatic rings. The molecule has 0 spiro atoms. The van der Waals surface area contributed by atoms with Crippen molar-refractivity contribution in [1.82, 2.24) is 5.32 Å². The lowest BCUT2D eigenvalue weighted by molar-refractivity contribution is -0.159. The van der Waals surface area contributed by atoms with Crippen molar-refractivity contribution in [2.75, 3.05) is 26.4 Å². The molecular weight excluding hydrogens is 454 g/mol. The molecule has 28 heavy (non-hydrogen) atoms. The number of carbonyl (C=O) groups is 2. The Hall–Kier alpha value is -2.13. The molecule has 0 atom stereocenters. The number of hydrogen-bond donors (Lipinski definition) is 3. The van der Waals surface area contributed by atoms with Crippen LogP contribution in [0.15, 0.2) is 53.0 Å². The third-order valence-electron chi connectivity index (χ3n) is 3.16. The van der Waals surface area contributed by atoms with Crippen molar-refractivity contribution in [1.29, 1.82) is 0 Å². The molecule has 152 valence electrons. The first-order valence-corrected chi connectivity index (χ1v) is 9.43. The van der Waals surface area contributed by atoms with Gasteiger partial charge in [0.1, 0.15) is 12.4 Å². The van der Waals surface area contributed by atoms with E-state index < -0.39 is 11.9 Å². The van der Waals surface area contributed by atoms with Gasteiger partial charge >= 0.3 is 11.9 Å². The van der Waals surface area contributed by atoms with E-state index in [0.717, 1.165) is 17.6 Å². The predicted octanol–water partition coefficient (Wildman–Crippen LogP) is 3.44. The lowest BCUT2D eigenvalue weighted by Crippen LogP contribution is -2.20. The Balaban J connectivity index is 0.000000568. The Morgan fingerprint density at radius 1 is 1.00 bits per heavy atom. The highest BCUT2D eigenvalue weighted by Gasteiger charge is 2.04. The molecule has 0 unspecified atom stereocenters. The first-order chi connectivity index (χ1) is 13.4. The van der Waals surface area contributed by atoms with Crippen LogP contribution in [-0.2, 0) is 20.9 Å². The van der Waals surface area contributed by atoms with Crippen LogP contribution in [0.4, 0.5) is 0 Å². The third-order valence-corrected chi connectivity index (χ3v) is 3.95. The zero-order valence-electron chi connectivity index (χ0n) is 14.9. The van der Waals surface area contributed by atoms with E-state index in [2.05, 4.69) is 33.4 Å². The number of carboxylic acid groups (broad SMARTS) is 2. The fourth-order valence-electron chi connectivity index (χ4n) is 1.88. The average molecular weight is 475 g/mol. The maximum atomic E-state index is 9.10. The van der Waals surface area contributed by atoms with Crippen LogP contribution in [-0.4, -0.2) is 48.5 Å². The van der Waals surface area contributed by atoms with Gasteiger partial charge in [-0.1, -0.05) is 57.9 Å². The smallest absolute Gasteiger partial charge is 0.414 e. The number of benzene rings is 2. The van der Waals surface area contributed by atoms with E-state index in [9.17, 15) is 0 Å². The topological polar surface area (TPSA) is 105 Å². The van der Waals surface area contributed by atoms with E-state index in [0.29, 0.717) is 30.6 Å². The molecule has 7 nitrogen and oxygen atoms in total. The highest BCUT2D eigenvalue weighted by molar-refractivity contribution is 9.10. The number of nitrogens with one attached hydrogen (secondary N) is 1. The van der Waals surface area contributed by atoms with Gasteiger partial charge in [-0.05, 0) is 23.8 Å². The van der Waals surface area contributed by atoms with Crippen molar-refractivity contribution < 1.29 is 29.3 Å². The number of ether oxygens (including phenoxy) is 2. The maximum Gasteiger partial charge on any atom is 0.414 e. The van der Waals surface area contributed by atoms with Gasteiger partial charge in [0.05, 0.1) is 18.2 Å². The fourth-order valence-corrected chi connectivity index (χ4v) is 2.61. The molecule has 2 rings (SSSR count). The molecule has 2 aromatic carbocycles. The van der Waals surface area contributed by atoms with Crippen molar-refractivity contribution in [2.24, 2.45) is 0 Å². The van der Waals surface area contributed by atoms with Gasteiger partial charge in [-0.3, -0.25) is 0 Å². The minimum absolute atomic E-state index is 0.486. The van der Waals surface area contributed by atoms with Crippen LogP contribution in [0.5, 0.6) is 5.75 Å². The van der Waals surface area contributed by atoms with Gasteiger partial charge in [-0.25, -0.2) is 9.59 Å². The standard InChI is InChI=1S/C17H19BrClNO2.C2H2O4/c18-15-6-7-17(16(19)12-15)22-11-10-21-9-8-20-13-14-4-2-1-3-5-14;3-1(4)2(5)6/h1-7,12,20H,8-11,13H2;(H,3,4)(H,5,6). The quantitative estimate of drug-likeness (QED) is 0.378. The lowest BCUT2D eigenvalue weighted by Gasteiger charge is -2.09. The second-order valence-corrected chi connectivity index (χ2v) is 6.63. The summed E-state index contributed by atoms with van der Waals surface area (Å²) in [5.41, 5.74) is 1.27. The summed E-state index contributed by atoms with van der Waals surface area (Å²) in [7, 11) is 0. The second kappa shape index (κ2) is 14.0. The van der Waals surface area contributed by atoms with E-state index in [1.165, 1.54) is 5.56 Å². The minimum Gasteiger partial charge on any atom is -0.490 e.